The molecular formula is C42H74O17. The van der Waals surface area contributed by atoms with Crippen LogP contribution in [-0.4, -0.2) is 160 Å². The third kappa shape index (κ3) is 10.3. The van der Waals surface area contributed by atoms with Gasteiger partial charge in [0.25, 0.3) is 0 Å². The van der Waals surface area contributed by atoms with Gasteiger partial charge in [-0.3, -0.25) is 4.79 Å². The molecule has 4 aliphatic rings. The van der Waals surface area contributed by atoms with E-state index in [-0.39, 0.29) is 19.4 Å². The SMILES string of the molecule is COC1C(OCC(C)C2OC(=O)C(C)C(OC3CC(C)(O)C(O)C(C)O3)C(C)C3OC(O)(C(C)C(OC(=O)C(O)C(C)C)C2C)C(C)(O)CC3C)OC(C)C(O)C1OC. The summed E-state index contributed by atoms with van der Waals surface area (Å²) < 4.78 is 55.1. The number of hydrogen-bond acceptors (Lipinski definition) is 17. The van der Waals surface area contributed by atoms with E-state index in [1.165, 1.54) is 28.1 Å². The first-order chi connectivity index (χ1) is 27.2. The van der Waals surface area contributed by atoms with Crippen LogP contribution in [0.4, 0.5) is 0 Å². The molecule has 4 rings (SSSR count). The standard InChI is InChI=1S/C42H74O17/c1-18(2)28(43)38(47)58-33-21(5)30(20(4)17-53-39-35(52-14)34(51-13)29(44)25(9)55-39)57-37(46)23(7)32(56-27-16-40(11,48)36(45)26(10)54-27)22(6)31-19(3)15-41(12,49)42(50,59-31)24(33)8/h18-36,39,43-45,48-50H,15-17H2,1-14H3. The molecule has 4 aliphatic heterocycles. The van der Waals surface area contributed by atoms with Crippen LogP contribution in [-0.2, 0) is 52.2 Å². The molecule has 0 aromatic carbocycles. The number of methoxy groups -OCH3 is 2. The lowest BCUT2D eigenvalue weighted by atomic mass is 9.68. The van der Waals surface area contributed by atoms with E-state index in [4.69, 9.17) is 42.6 Å². The van der Waals surface area contributed by atoms with Gasteiger partial charge in [0.2, 0.25) is 5.79 Å². The van der Waals surface area contributed by atoms with Crippen LogP contribution in [0.3, 0.4) is 0 Å². The smallest absolute Gasteiger partial charge is 0.335 e. The average Bonchev–Trinajstić information content (AvgIpc) is 3.16. The Bertz CT molecular complexity index is 1390. The van der Waals surface area contributed by atoms with Crippen LogP contribution in [0.25, 0.3) is 0 Å². The number of fused-ring (bicyclic) bond motifs is 2. The number of hydrogen-bond donors (Lipinski definition) is 6. The molecule has 344 valence electrons. The van der Waals surface area contributed by atoms with Crippen LogP contribution in [0, 0.1) is 41.4 Å². The first-order valence-electron chi connectivity index (χ1n) is 21.2. The summed E-state index contributed by atoms with van der Waals surface area (Å²) in [7, 11) is 2.88. The van der Waals surface area contributed by atoms with E-state index in [0.717, 1.165) is 0 Å². The quantitative estimate of drug-likeness (QED) is 0.162. The van der Waals surface area contributed by atoms with Crippen molar-refractivity contribution in [3.63, 3.8) is 0 Å². The van der Waals surface area contributed by atoms with Gasteiger partial charge in [-0.15, -0.1) is 0 Å². The van der Waals surface area contributed by atoms with Crippen LogP contribution in [0.5, 0.6) is 0 Å². The number of carbonyl (C=O) groups excluding carboxylic acids is 2. The summed E-state index contributed by atoms with van der Waals surface area (Å²) in [6.45, 7) is 19.7. The van der Waals surface area contributed by atoms with Crippen LogP contribution in [0.15, 0.2) is 0 Å². The summed E-state index contributed by atoms with van der Waals surface area (Å²) in [4.78, 5) is 28.2. The maximum Gasteiger partial charge on any atom is 0.335 e. The second kappa shape index (κ2) is 19.4. The number of cyclic esters (lactones) is 1. The Balaban J connectivity index is 1.81. The minimum absolute atomic E-state index is 0.0429. The second-order valence-electron chi connectivity index (χ2n) is 18.8. The molecule has 0 saturated carbocycles. The van der Waals surface area contributed by atoms with E-state index >= 15 is 0 Å². The van der Waals surface area contributed by atoms with Crippen molar-refractivity contribution < 1.29 is 82.9 Å². The Labute approximate surface area is 349 Å². The summed E-state index contributed by atoms with van der Waals surface area (Å²) in [6, 6.07) is 0. The van der Waals surface area contributed by atoms with Crippen LogP contribution >= 0.6 is 0 Å². The fraction of sp³-hybridized carbons (Fsp3) is 0.952. The first kappa shape index (κ1) is 50.1. The molecule has 22 atom stereocenters. The fourth-order valence-electron chi connectivity index (χ4n) is 9.68. The molecule has 0 spiro atoms. The van der Waals surface area contributed by atoms with Gasteiger partial charge in [-0.2, -0.15) is 0 Å². The highest BCUT2D eigenvalue weighted by Crippen LogP contribution is 2.49. The molecule has 0 radical (unpaired) electrons. The molecule has 17 nitrogen and oxygen atoms in total. The molecule has 4 heterocycles. The average molecular weight is 851 g/mol. The summed E-state index contributed by atoms with van der Waals surface area (Å²) in [6.07, 6.45) is -13.2. The molecule has 0 aliphatic carbocycles. The minimum atomic E-state index is -2.36. The van der Waals surface area contributed by atoms with Gasteiger partial charge in [-0.05, 0) is 52.9 Å². The van der Waals surface area contributed by atoms with E-state index in [0.29, 0.717) is 0 Å². The molecule has 2 bridgehead atoms. The Kier molecular flexibility index (Phi) is 16.5. The van der Waals surface area contributed by atoms with Crippen molar-refractivity contribution in [1.29, 1.82) is 0 Å². The Morgan fingerprint density at radius 1 is 0.847 bits per heavy atom. The molecule has 59 heavy (non-hydrogen) atoms. The summed E-state index contributed by atoms with van der Waals surface area (Å²) in [5.41, 5.74) is -3.46. The lowest BCUT2D eigenvalue weighted by Gasteiger charge is -2.56. The number of aliphatic hydroxyl groups excluding tert-OH is 3. The lowest BCUT2D eigenvalue weighted by Crippen LogP contribution is -2.69. The van der Waals surface area contributed by atoms with Gasteiger partial charge >= 0.3 is 11.9 Å². The highest BCUT2D eigenvalue weighted by atomic mass is 16.7. The Morgan fingerprint density at radius 3 is 2.02 bits per heavy atom. The molecule has 4 fully saturated rings. The number of rotatable bonds is 11. The van der Waals surface area contributed by atoms with Gasteiger partial charge < -0.3 is 73.3 Å². The Hall–Kier alpha value is -1.58. The highest BCUT2D eigenvalue weighted by molar-refractivity contribution is 5.75. The normalized spacial score (nSPS) is 48.6. The largest absolute Gasteiger partial charge is 0.461 e. The van der Waals surface area contributed by atoms with Gasteiger partial charge in [-0.25, -0.2) is 4.79 Å². The van der Waals surface area contributed by atoms with Crippen molar-refractivity contribution in [2.75, 3.05) is 20.8 Å². The van der Waals surface area contributed by atoms with Crippen LogP contribution in [0.2, 0.25) is 0 Å². The van der Waals surface area contributed by atoms with E-state index < -0.39 is 150 Å². The zero-order valence-electron chi connectivity index (χ0n) is 37.3. The molecule has 17 heteroatoms. The predicted molar refractivity (Wildman–Crippen MR) is 209 cm³/mol. The van der Waals surface area contributed by atoms with Crippen molar-refractivity contribution in [3.05, 3.63) is 0 Å². The third-order valence-corrected chi connectivity index (χ3v) is 13.5. The molecule has 0 aromatic heterocycles. The zero-order chi connectivity index (χ0) is 44.7. The highest BCUT2D eigenvalue weighted by Gasteiger charge is 2.62. The van der Waals surface area contributed by atoms with Crippen molar-refractivity contribution >= 4 is 11.9 Å². The van der Waals surface area contributed by atoms with E-state index in [1.54, 1.807) is 62.3 Å². The summed E-state index contributed by atoms with van der Waals surface area (Å²) in [5.74, 6) is -9.45. The van der Waals surface area contributed by atoms with Crippen LogP contribution < -0.4 is 0 Å². The molecule has 4 saturated heterocycles. The predicted octanol–water partition coefficient (Wildman–Crippen LogP) is 1.67. The van der Waals surface area contributed by atoms with E-state index in [9.17, 15) is 40.2 Å². The minimum Gasteiger partial charge on any atom is -0.461 e. The van der Waals surface area contributed by atoms with Crippen molar-refractivity contribution in [1.82, 2.24) is 0 Å². The molecule has 0 amide bonds. The fourth-order valence-corrected chi connectivity index (χ4v) is 9.68. The second-order valence-corrected chi connectivity index (χ2v) is 18.8. The number of esters is 2. The van der Waals surface area contributed by atoms with Gasteiger partial charge in [-0.1, -0.05) is 48.5 Å². The van der Waals surface area contributed by atoms with Crippen molar-refractivity contribution in [3.8, 4) is 0 Å². The molecule has 6 N–H and O–H groups in total. The van der Waals surface area contributed by atoms with Gasteiger partial charge in [0.1, 0.15) is 42.2 Å². The van der Waals surface area contributed by atoms with Gasteiger partial charge in [0.15, 0.2) is 18.7 Å². The number of carbonyl (C=O) groups is 2. The molecule has 22 unspecified atom stereocenters. The maximum absolute atomic E-state index is 14.6. The van der Waals surface area contributed by atoms with Crippen molar-refractivity contribution in [2.24, 2.45) is 41.4 Å². The Morgan fingerprint density at radius 2 is 1.46 bits per heavy atom. The summed E-state index contributed by atoms with van der Waals surface area (Å²) >= 11 is 0. The maximum atomic E-state index is 14.6. The topological polar surface area (TPSA) is 239 Å². The monoisotopic (exact) mass is 850 g/mol. The lowest BCUT2D eigenvalue weighted by molar-refractivity contribution is -0.387. The number of aliphatic hydroxyl groups is 6. The van der Waals surface area contributed by atoms with E-state index in [1.807, 2.05) is 6.92 Å². The first-order valence-corrected chi connectivity index (χ1v) is 21.2. The van der Waals surface area contributed by atoms with Gasteiger partial charge in [0.05, 0.1) is 48.5 Å². The van der Waals surface area contributed by atoms with Crippen LogP contribution in [0.1, 0.15) is 95.9 Å². The molecular weight excluding hydrogens is 776 g/mol. The third-order valence-electron chi connectivity index (χ3n) is 13.5. The number of ether oxygens (including phenoxy) is 9. The molecule has 0 aromatic rings. The van der Waals surface area contributed by atoms with E-state index in [2.05, 4.69) is 0 Å². The summed E-state index contributed by atoms with van der Waals surface area (Å²) in [5, 5.41) is 68.0. The van der Waals surface area contributed by atoms with Gasteiger partial charge in [0, 0.05) is 38.4 Å². The van der Waals surface area contributed by atoms with Crippen molar-refractivity contribution in [2.45, 2.75) is 193 Å². The zero-order valence-corrected chi connectivity index (χ0v) is 37.3.